The van der Waals surface area contributed by atoms with E-state index in [0.29, 0.717) is 33.3 Å². The monoisotopic (exact) mass is 520 g/mol. The van der Waals surface area contributed by atoms with Crippen LogP contribution >= 0.6 is 47.8 Å². The van der Waals surface area contributed by atoms with Crippen LogP contribution in [0.1, 0.15) is 12.0 Å². The molecule has 0 amide bonds. The Morgan fingerprint density at radius 3 is 2.52 bits per heavy atom. The number of aryl methyl sites for hydroxylation is 1. The number of amidine groups is 1. The number of sulfonamides is 1. The van der Waals surface area contributed by atoms with Crippen LogP contribution in [0.2, 0.25) is 0 Å². The molecule has 3 rings (SSSR count). The second kappa shape index (κ2) is 6.66. The molecule has 1 N–H and O–H groups in total. The van der Waals surface area contributed by atoms with Crippen LogP contribution in [0.5, 0.6) is 0 Å². The third-order valence-corrected chi connectivity index (χ3v) is 6.25. The van der Waals surface area contributed by atoms with Gasteiger partial charge in [-0.25, -0.2) is 0 Å². The number of rotatable bonds is 3. The number of fused-ring (bicyclic) bond motifs is 1. The summed E-state index contributed by atoms with van der Waals surface area (Å²) in [7, 11) is -3.69. The maximum absolute atomic E-state index is 12.4. The minimum absolute atomic E-state index is 0.171. The van der Waals surface area contributed by atoms with E-state index < -0.39 is 10.0 Å². The summed E-state index contributed by atoms with van der Waals surface area (Å²) in [5.74, 6) is 0.445. The van der Waals surface area contributed by atoms with E-state index in [4.69, 9.17) is 0 Å². The summed E-state index contributed by atoms with van der Waals surface area (Å²) in [4.78, 5) is 0.171. The molecule has 120 valence electrons. The third kappa shape index (κ3) is 3.87. The summed E-state index contributed by atoms with van der Waals surface area (Å²) < 4.78 is 31.0. The van der Waals surface area contributed by atoms with Gasteiger partial charge in [-0.15, -0.1) is 4.40 Å². The Kier molecular flexibility index (Phi) is 4.96. The summed E-state index contributed by atoms with van der Waals surface area (Å²) in [6.07, 6.45) is 1.21. The topological polar surface area (TPSA) is 58.5 Å². The quantitative estimate of drug-likeness (QED) is 0.608. The van der Waals surface area contributed by atoms with Gasteiger partial charge in [0.25, 0.3) is 10.0 Å². The fourth-order valence-electron chi connectivity index (χ4n) is 2.30. The van der Waals surface area contributed by atoms with Crippen molar-refractivity contribution in [1.29, 1.82) is 0 Å². The van der Waals surface area contributed by atoms with Crippen molar-refractivity contribution in [3.63, 3.8) is 0 Å². The van der Waals surface area contributed by atoms with Gasteiger partial charge < -0.3 is 5.32 Å². The molecule has 23 heavy (non-hydrogen) atoms. The standard InChI is InChI=1S/C15H11Br3N2O2S/c16-10-3-1-2-9(6-10)4-5-14-19-15-12(18)7-11(17)8-13(15)23(21,22)20-14/h1-3,6-8H,4-5H2,(H,19,20). The number of nitrogens with one attached hydrogen (secondary N) is 1. The molecule has 0 fully saturated rings. The molecule has 0 atom stereocenters. The molecule has 1 heterocycles. The molecule has 0 saturated carbocycles. The largest absolute Gasteiger partial charge is 0.341 e. The average Bonchev–Trinajstić information content (AvgIpc) is 2.46. The molecular formula is C15H11Br3N2O2S. The van der Waals surface area contributed by atoms with Crippen molar-refractivity contribution in [2.24, 2.45) is 4.40 Å². The van der Waals surface area contributed by atoms with Crippen molar-refractivity contribution in [3.05, 3.63) is 55.4 Å². The van der Waals surface area contributed by atoms with Crippen LogP contribution in [-0.2, 0) is 16.4 Å². The van der Waals surface area contributed by atoms with Gasteiger partial charge in [0, 0.05) is 19.8 Å². The first-order chi connectivity index (χ1) is 10.8. The van der Waals surface area contributed by atoms with E-state index in [0.717, 1.165) is 10.0 Å². The average molecular weight is 523 g/mol. The van der Waals surface area contributed by atoms with Gasteiger partial charge in [-0.05, 0) is 52.2 Å². The van der Waals surface area contributed by atoms with Crippen molar-refractivity contribution < 1.29 is 8.42 Å². The zero-order valence-corrected chi connectivity index (χ0v) is 17.3. The molecule has 0 aromatic heterocycles. The number of anilines is 1. The SMILES string of the molecule is O=S1(=O)N=C(CCc2cccc(Br)c2)Nc2c(Br)cc(Br)cc21. The fraction of sp³-hybridized carbons (Fsp3) is 0.133. The molecule has 0 bridgehead atoms. The molecule has 0 saturated heterocycles. The first kappa shape index (κ1) is 17.1. The Morgan fingerprint density at radius 1 is 1.00 bits per heavy atom. The lowest BCUT2D eigenvalue weighted by Crippen LogP contribution is -2.22. The fourth-order valence-corrected chi connectivity index (χ4v) is 5.57. The summed E-state index contributed by atoms with van der Waals surface area (Å²) in [5.41, 5.74) is 1.65. The predicted molar refractivity (Wildman–Crippen MR) is 103 cm³/mol. The molecule has 2 aromatic carbocycles. The Balaban J connectivity index is 1.87. The Morgan fingerprint density at radius 2 is 1.78 bits per heavy atom. The maximum Gasteiger partial charge on any atom is 0.286 e. The zero-order valence-electron chi connectivity index (χ0n) is 11.7. The Labute approximate surface area is 159 Å². The van der Waals surface area contributed by atoms with Crippen LogP contribution in [0.3, 0.4) is 0 Å². The minimum Gasteiger partial charge on any atom is -0.341 e. The summed E-state index contributed by atoms with van der Waals surface area (Å²) in [6.45, 7) is 0. The molecule has 0 aliphatic carbocycles. The van der Waals surface area contributed by atoms with E-state index in [1.165, 1.54) is 0 Å². The Bertz CT molecular complexity index is 911. The second-order valence-electron chi connectivity index (χ2n) is 5.03. The number of benzene rings is 2. The lowest BCUT2D eigenvalue weighted by atomic mass is 10.1. The summed E-state index contributed by atoms with van der Waals surface area (Å²) in [5, 5.41) is 3.12. The number of hydrogen-bond donors (Lipinski definition) is 1. The van der Waals surface area contributed by atoms with E-state index in [9.17, 15) is 8.42 Å². The third-order valence-electron chi connectivity index (χ3n) is 3.34. The van der Waals surface area contributed by atoms with E-state index in [1.54, 1.807) is 12.1 Å². The normalized spacial score (nSPS) is 15.5. The molecule has 8 heteroatoms. The number of halogens is 3. The molecule has 0 spiro atoms. The van der Waals surface area contributed by atoms with Gasteiger partial charge in [-0.2, -0.15) is 8.42 Å². The maximum atomic E-state index is 12.4. The van der Waals surface area contributed by atoms with Crippen LogP contribution in [0.25, 0.3) is 0 Å². The van der Waals surface area contributed by atoms with E-state index in [1.807, 2.05) is 24.3 Å². The lowest BCUT2D eigenvalue weighted by molar-refractivity contribution is 0.597. The second-order valence-corrected chi connectivity index (χ2v) is 9.29. The van der Waals surface area contributed by atoms with E-state index in [-0.39, 0.29) is 4.90 Å². The van der Waals surface area contributed by atoms with Gasteiger partial charge in [0.15, 0.2) is 0 Å². The van der Waals surface area contributed by atoms with Crippen molar-refractivity contribution >= 4 is 69.3 Å². The highest BCUT2D eigenvalue weighted by molar-refractivity contribution is 9.11. The molecule has 4 nitrogen and oxygen atoms in total. The molecule has 1 aliphatic rings. The molecule has 0 unspecified atom stereocenters. The first-order valence-electron chi connectivity index (χ1n) is 6.69. The van der Waals surface area contributed by atoms with Gasteiger partial charge in [0.2, 0.25) is 0 Å². The lowest BCUT2D eigenvalue weighted by Gasteiger charge is -2.20. The Hall–Kier alpha value is -0.700. The highest BCUT2D eigenvalue weighted by atomic mass is 79.9. The van der Waals surface area contributed by atoms with Gasteiger partial charge in [-0.1, -0.05) is 44.0 Å². The van der Waals surface area contributed by atoms with Crippen LogP contribution in [0, 0.1) is 0 Å². The predicted octanol–water partition coefficient (Wildman–Crippen LogP) is 5.12. The summed E-state index contributed by atoms with van der Waals surface area (Å²) in [6, 6.07) is 11.3. The van der Waals surface area contributed by atoms with Gasteiger partial charge >= 0.3 is 0 Å². The molecule has 2 aromatic rings. The minimum atomic E-state index is -3.69. The number of hydrogen-bond acceptors (Lipinski definition) is 3. The smallest absolute Gasteiger partial charge is 0.286 e. The van der Waals surface area contributed by atoms with Gasteiger partial charge in [0.1, 0.15) is 10.7 Å². The van der Waals surface area contributed by atoms with E-state index in [2.05, 4.69) is 57.5 Å². The number of nitrogens with zero attached hydrogens (tertiary/aromatic N) is 1. The first-order valence-corrected chi connectivity index (χ1v) is 10.5. The molecule has 0 radical (unpaired) electrons. The summed E-state index contributed by atoms with van der Waals surface area (Å²) >= 11 is 10.1. The highest BCUT2D eigenvalue weighted by Crippen LogP contribution is 2.37. The van der Waals surface area contributed by atoms with Crippen LogP contribution < -0.4 is 5.32 Å². The van der Waals surface area contributed by atoms with Crippen molar-refractivity contribution in [3.8, 4) is 0 Å². The van der Waals surface area contributed by atoms with E-state index >= 15 is 0 Å². The molecule has 1 aliphatic heterocycles. The molecular weight excluding hydrogens is 512 g/mol. The van der Waals surface area contributed by atoms with Crippen molar-refractivity contribution in [1.82, 2.24) is 0 Å². The van der Waals surface area contributed by atoms with Crippen molar-refractivity contribution in [2.45, 2.75) is 17.7 Å². The van der Waals surface area contributed by atoms with Crippen molar-refractivity contribution in [2.75, 3.05) is 5.32 Å². The van der Waals surface area contributed by atoms with Gasteiger partial charge in [0.05, 0.1) is 5.69 Å². The van der Waals surface area contributed by atoms with Crippen LogP contribution in [0.15, 0.2) is 59.1 Å². The zero-order chi connectivity index (χ0) is 16.6. The van der Waals surface area contributed by atoms with Crippen LogP contribution in [0.4, 0.5) is 5.69 Å². The highest BCUT2D eigenvalue weighted by Gasteiger charge is 2.27. The van der Waals surface area contributed by atoms with Crippen LogP contribution in [-0.4, -0.2) is 14.3 Å². The van der Waals surface area contributed by atoms with Gasteiger partial charge in [-0.3, -0.25) is 0 Å².